The second-order valence-electron chi connectivity index (χ2n) is 7.89. The smallest absolute Gasteiger partial charge is 0.471 e. The largest absolute Gasteiger partial charge is 0.507 e. The van der Waals surface area contributed by atoms with Crippen LogP contribution < -0.4 is 5.32 Å². The van der Waals surface area contributed by atoms with Gasteiger partial charge in [0.1, 0.15) is 5.75 Å². The quantitative estimate of drug-likeness (QED) is 0.560. The number of nitrogens with zero attached hydrogens (tertiary/aromatic N) is 2. The highest BCUT2D eigenvalue weighted by atomic mass is 19.4. The van der Waals surface area contributed by atoms with Gasteiger partial charge in [0, 0.05) is 25.3 Å². The second-order valence-corrected chi connectivity index (χ2v) is 7.89. The van der Waals surface area contributed by atoms with E-state index in [9.17, 15) is 32.7 Å². The van der Waals surface area contributed by atoms with E-state index in [2.05, 4.69) is 11.9 Å². The molecule has 1 saturated carbocycles. The van der Waals surface area contributed by atoms with Crippen molar-refractivity contribution in [2.45, 2.75) is 43.8 Å². The van der Waals surface area contributed by atoms with E-state index >= 15 is 0 Å². The van der Waals surface area contributed by atoms with Crippen LogP contribution in [0, 0.1) is 0 Å². The summed E-state index contributed by atoms with van der Waals surface area (Å²) in [6.45, 7) is 2.97. The number of anilines is 1. The van der Waals surface area contributed by atoms with Gasteiger partial charge in [-0.2, -0.15) is 13.2 Å². The van der Waals surface area contributed by atoms with Crippen LogP contribution in [0.25, 0.3) is 0 Å². The lowest BCUT2D eigenvalue weighted by Crippen LogP contribution is -2.67. The Kier molecular flexibility index (Phi) is 6.28. The molecular weight excluding hydrogens is 415 g/mol. The minimum absolute atomic E-state index is 0.0453. The van der Waals surface area contributed by atoms with Gasteiger partial charge in [-0.15, -0.1) is 0 Å². The number of hydrogen-bond acceptors (Lipinski definition) is 4. The third kappa shape index (κ3) is 4.67. The Morgan fingerprint density at radius 1 is 1.13 bits per heavy atom. The molecule has 168 valence electrons. The summed E-state index contributed by atoms with van der Waals surface area (Å²) in [6, 6.07) is 3.97. The third-order valence-corrected chi connectivity index (χ3v) is 5.89. The fourth-order valence-electron chi connectivity index (χ4n) is 4.41. The first kappa shape index (κ1) is 22.6. The van der Waals surface area contributed by atoms with Gasteiger partial charge in [0.05, 0.1) is 11.1 Å². The predicted molar refractivity (Wildman–Crippen MR) is 106 cm³/mol. The number of aromatic hydroxyl groups is 1. The van der Waals surface area contributed by atoms with Crippen LogP contribution in [0.15, 0.2) is 30.9 Å². The number of phenols is 1. The molecule has 1 aliphatic heterocycles. The maximum absolute atomic E-state index is 13.2. The molecule has 2 N–H and O–H groups in total. The molecule has 3 rings (SSSR count). The maximum Gasteiger partial charge on any atom is 0.471 e. The number of carbonyl (C=O) groups excluding carboxylic acids is 3. The maximum atomic E-state index is 13.2. The number of alkyl halides is 3. The number of phenolic OH excluding ortho intramolecular Hbond substituents is 1. The van der Waals surface area contributed by atoms with Gasteiger partial charge >= 0.3 is 12.1 Å². The van der Waals surface area contributed by atoms with Crippen molar-refractivity contribution in [1.29, 1.82) is 0 Å². The number of piperazine rings is 1. The van der Waals surface area contributed by atoms with E-state index in [-0.39, 0.29) is 36.6 Å². The van der Waals surface area contributed by atoms with E-state index in [4.69, 9.17) is 0 Å². The van der Waals surface area contributed by atoms with Crippen molar-refractivity contribution in [2.24, 2.45) is 0 Å². The zero-order valence-corrected chi connectivity index (χ0v) is 16.9. The lowest BCUT2D eigenvalue weighted by molar-refractivity contribution is -0.196. The monoisotopic (exact) mass is 439 g/mol. The van der Waals surface area contributed by atoms with Crippen LogP contribution in [-0.4, -0.2) is 64.0 Å². The second kappa shape index (κ2) is 8.60. The van der Waals surface area contributed by atoms with Crippen LogP contribution >= 0.6 is 0 Å². The van der Waals surface area contributed by atoms with Gasteiger partial charge in [0.25, 0.3) is 5.91 Å². The van der Waals surface area contributed by atoms with Crippen LogP contribution in [0.1, 0.15) is 42.5 Å². The fourth-order valence-corrected chi connectivity index (χ4v) is 4.41. The molecule has 0 unspecified atom stereocenters. The molecule has 2 fully saturated rings. The Bertz CT molecular complexity index is 894. The van der Waals surface area contributed by atoms with Crippen molar-refractivity contribution in [3.63, 3.8) is 0 Å². The van der Waals surface area contributed by atoms with E-state index in [1.54, 1.807) is 0 Å². The molecule has 3 amide bonds. The Balaban J connectivity index is 1.87. The molecule has 1 saturated heterocycles. The van der Waals surface area contributed by atoms with Crippen molar-refractivity contribution >= 4 is 23.4 Å². The van der Waals surface area contributed by atoms with Gasteiger partial charge in [-0.3, -0.25) is 14.4 Å². The molecule has 0 atom stereocenters. The van der Waals surface area contributed by atoms with E-state index < -0.39 is 29.4 Å². The van der Waals surface area contributed by atoms with Gasteiger partial charge in [0.15, 0.2) is 0 Å². The van der Waals surface area contributed by atoms with Crippen molar-refractivity contribution < 1.29 is 32.7 Å². The highest BCUT2D eigenvalue weighted by Crippen LogP contribution is 2.39. The number of halogens is 3. The molecule has 0 aromatic heterocycles. The van der Waals surface area contributed by atoms with Crippen LogP contribution in [-0.2, 0) is 9.59 Å². The van der Waals surface area contributed by atoms with Gasteiger partial charge in [0.2, 0.25) is 5.91 Å². The molecule has 0 bridgehead atoms. The zero-order valence-electron chi connectivity index (χ0n) is 16.9. The van der Waals surface area contributed by atoms with Crippen molar-refractivity contribution in [2.75, 3.05) is 25.0 Å². The minimum atomic E-state index is -4.98. The van der Waals surface area contributed by atoms with Crippen LogP contribution in [0.4, 0.5) is 18.9 Å². The predicted octanol–water partition coefficient (Wildman–Crippen LogP) is 3.07. The molecule has 1 aromatic rings. The van der Waals surface area contributed by atoms with Crippen LogP contribution in [0.2, 0.25) is 0 Å². The van der Waals surface area contributed by atoms with Gasteiger partial charge < -0.3 is 20.2 Å². The zero-order chi connectivity index (χ0) is 22.8. The van der Waals surface area contributed by atoms with Crippen molar-refractivity contribution in [3.8, 4) is 5.75 Å². The Labute approximate surface area is 177 Å². The van der Waals surface area contributed by atoms with Gasteiger partial charge in [-0.1, -0.05) is 25.8 Å². The van der Waals surface area contributed by atoms with E-state index in [0.29, 0.717) is 25.7 Å². The summed E-state index contributed by atoms with van der Waals surface area (Å²) >= 11 is 0. The van der Waals surface area contributed by atoms with E-state index in [1.165, 1.54) is 23.1 Å². The Hall–Kier alpha value is -3.04. The average molecular weight is 439 g/mol. The summed E-state index contributed by atoms with van der Waals surface area (Å²) in [5, 5.41) is 12.7. The lowest BCUT2D eigenvalue weighted by atomic mass is 9.78. The molecule has 10 heteroatoms. The lowest BCUT2D eigenvalue weighted by Gasteiger charge is -2.52. The SMILES string of the molecule is C=CC(=O)Nc1ccc(O)c(C(=O)N2CCN(C(=O)C(F)(F)F)C3(CCCCC3)C2)c1. The first-order valence-corrected chi connectivity index (χ1v) is 10.0. The first-order valence-electron chi connectivity index (χ1n) is 10.0. The van der Waals surface area contributed by atoms with Crippen molar-refractivity contribution in [1.82, 2.24) is 9.80 Å². The summed E-state index contributed by atoms with van der Waals surface area (Å²) in [5.41, 5.74) is -0.893. The van der Waals surface area contributed by atoms with Crippen molar-refractivity contribution in [3.05, 3.63) is 36.4 Å². The third-order valence-electron chi connectivity index (χ3n) is 5.89. The standard InChI is InChI=1S/C21H24F3N3O4/c1-2-17(29)25-14-6-7-16(28)15(12-14)18(30)26-10-11-27(19(31)21(22,23)24)20(13-26)8-4-3-5-9-20/h2,6-7,12,28H,1,3-5,8-11,13H2,(H,25,29). The summed E-state index contributed by atoms with van der Waals surface area (Å²) in [4.78, 5) is 39.0. The number of hydrogen-bond donors (Lipinski definition) is 2. The molecule has 1 aromatic carbocycles. The summed E-state index contributed by atoms with van der Waals surface area (Å²) in [6.07, 6.45) is -0.990. The topological polar surface area (TPSA) is 89.9 Å². The van der Waals surface area contributed by atoms with Gasteiger partial charge in [-0.05, 0) is 37.1 Å². The van der Waals surface area contributed by atoms with E-state index in [0.717, 1.165) is 17.4 Å². The van der Waals surface area contributed by atoms with Gasteiger partial charge in [-0.25, -0.2) is 0 Å². The normalized spacial score (nSPS) is 18.5. The number of carbonyl (C=O) groups is 3. The summed E-state index contributed by atoms with van der Waals surface area (Å²) < 4.78 is 39.5. The first-order chi connectivity index (χ1) is 14.6. The Morgan fingerprint density at radius 2 is 1.81 bits per heavy atom. The summed E-state index contributed by atoms with van der Waals surface area (Å²) in [7, 11) is 0. The highest BCUT2D eigenvalue weighted by Gasteiger charge is 2.53. The van der Waals surface area contributed by atoms with Crippen LogP contribution in [0.3, 0.4) is 0 Å². The molecule has 1 aliphatic carbocycles. The molecule has 7 nitrogen and oxygen atoms in total. The molecule has 0 radical (unpaired) electrons. The highest BCUT2D eigenvalue weighted by molar-refractivity contribution is 6.02. The average Bonchev–Trinajstić information content (AvgIpc) is 2.74. The molecular formula is C21H24F3N3O4. The number of benzene rings is 1. The molecule has 1 spiro atoms. The van der Waals surface area contributed by atoms with E-state index in [1.807, 2.05) is 0 Å². The Morgan fingerprint density at radius 3 is 2.42 bits per heavy atom. The minimum Gasteiger partial charge on any atom is -0.507 e. The number of nitrogens with one attached hydrogen (secondary N) is 1. The summed E-state index contributed by atoms with van der Waals surface area (Å²) in [5.74, 6) is -3.26. The fraction of sp³-hybridized carbons (Fsp3) is 0.476. The molecule has 31 heavy (non-hydrogen) atoms. The van der Waals surface area contributed by atoms with Crippen LogP contribution in [0.5, 0.6) is 5.75 Å². The molecule has 1 heterocycles. The molecule has 2 aliphatic rings. The number of rotatable bonds is 3. The number of amides is 3.